The largest absolute Gasteiger partial charge is 0.363 e. The molecule has 2 aromatic rings. The highest BCUT2D eigenvalue weighted by molar-refractivity contribution is 7.99. The number of aromatic nitrogens is 2. The summed E-state index contributed by atoms with van der Waals surface area (Å²) in [5.41, 5.74) is 0.927. The lowest BCUT2D eigenvalue weighted by Crippen LogP contribution is -2.20. The molecule has 0 aliphatic carbocycles. The third kappa shape index (κ3) is 3.24. The number of thioether (sulfide) groups is 1. The van der Waals surface area contributed by atoms with E-state index in [4.69, 9.17) is 0 Å². The minimum absolute atomic E-state index is 0.0923. The predicted molar refractivity (Wildman–Crippen MR) is 88.8 cm³/mol. The Hall–Kier alpha value is -1.62. The van der Waals surface area contributed by atoms with E-state index < -0.39 is 0 Å². The van der Waals surface area contributed by atoms with Gasteiger partial charge in [-0.3, -0.25) is 0 Å². The second-order valence-electron chi connectivity index (χ2n) is 6.53. The van der Waals surface area contributed by atoms with Crippen molar-refractivity contribution in [2.45, 2.75) is 43.5 Å². The van der Waals surface area contributed by atoms with Gasteiger partial charge in [0.05, 0.1) is 6.04 Å². The van der Waals surface area contributed by atoms with E-state index in [1.165, 1.54) is 6.07 Å². The van der Waals surface area contributed by atoms with Crippen molar-refractivity contribution in [1.82, 2.24) is 9.97 Å². The Morgan fingerprint density at radius 3 is 2.86 bits per heavy atom. The molecule has 5 heteroatoms. The van der Waals surface area contributed by atoms with Gasteiger partial charge in [0.25, 0.3) is 0 Å². The molecule has 1 aromatic heterocycles. The van der Waals surface area contributed by atoms with Crippen LogP contribution in [0.1, 0.15) is 44.6 Å². The first-order valence-corrected chi connectivity index (χ1v) is 8.44. The zero-order valence-electron chi connectivity index (χ0n) is 13.1. The Balaban J connectivity index is 1.88. The average molecular weight is 317 g/mol. The van der Waals surface area contributed by atoms with Crippen LogP contribution in [-0.2, 0) is 5.41 Å². The number of nitrogens with one attached hydrogen (secondary N) is 1. The SMILES string of the molecule is CC(C)(C)c1nccc(NC2CCSc3ccc(F)cc32)n1. The molecular formula is C17H20FN3S. The molecule has 22 heavy (non-hydrogen) atoms. The van der Waals surface area contributed by atoms with E-state index in [0.717, 1.165) is 34.3 Å². The van der Waals surface area contributed by atoms with E-state index in [2.05, 4.69) is 36.1 Å². The van der Waals surface area contributed by atoms with Crippen LogP contribution in [0.15, 0.2) is 35.4 Å². The summed E-state index contributed by atoms with van der Waals surface area (Å²) in [5.74, 6) is 2.44. The molecule has 1 aliphatic heterocycles. The van der Waals surface area contributed by atoms with Crippen LogP contribution < -0.4 is 5.32 Å². The molecule has 0 saturated heterocycles. The molecule has 0 saturated carbocycles. The molecule has 0 radical (unpaired) electrons. The molecule has 116 valence electrons. The fourth-order valence-corrected chi connectivity index (χ4v) is 3.60. The topological polar surface area (TPSA) is 37.8 Å². The van der Waals surface area contributed by atoms with Crippen molar-refractivity contribution in [3.63, 3.8) is 0 Å². The van der Waals surface area contributed by atoms with Crippen LogP contribution in [0.25, 0.3) is 0 Å². The second-order valence-corrected chi connectivity index (χ2v) is 7.67. The Labute approximate surface area is 134 Å². The maximum atomic E-state index is 13.6. The van der Waals surface area contributed by atoms with E-state index in [0.29, 0.717) is 0 Å². The Kier molecular flexibility index (Phi) is 4.08. The summed E-state index contributed by atoms with van der Waals surface area (Å²) < 4.78 is 13.6. The van der Waals surface area contributed by atoms with E-state index in [9.17, 15) is 4.39 Å². The first-order valence-electron chi connectivity index (χ1n) is 7.46. The van der Waals surface area contributed by atoms with Crippen LogP contribution >= 0.6 is 11.8 Å². The van der Waals surface area contributed by atoms with Gasteiger partial charge in [0.1, 0.15) is 17.5 Å². The van der Waals surface area contributed by atoms with Crippen molar-refractivity contribution < 1.29 is 4.39 Å². The van der Waals surface area contributed by atoms with Crippen LogP contribution in [0.4, 0.5) is 10.2 Å². The van der Waals surface area contributed by atoms with Gasteiger partial charge < -0.3 is 5.32 Å². The molecule has 2 heterocycles. The third-order valence-electron chi connectivity index (χ3n) is 3.66. The third-order valence-corrected chi connectivity index (χ3v) is 4.78. The zero-order valence-corrected chi connectivity index (χ0v) is 13.9. The number of halogens is 1. The van der Waals surface area contributed by atoms with E-state index >= 15 is 0 Å². The van der Waals surface area contributed by atoms with Gasteiger partial charge in [-0.05, 0) is 36.2 Å². The number of hydrogen-bond acceptors (Lipinski definition) is 4. The Morgan fingerprint density at radius 2 is 2.09 bits per heavy atom. The van der Waals surface area contributed by atoms with Gasteiger partial charge in [0.15, 0.2) is 0 Å². The molecule has 1 unspecified atom stereocenters. The molecule has 0 bridgehead atoms. The summed E-state index contributed by atoms with van der Waals surface area (Å²) in [6.07, 6.45) is 2.73. The number of benzene rings is 1. The van der Waals surface area contributed by atoms with Gasteiger partial charge in [0, 0.05) is 22.3 Å². The van der Waals surface area contributed by atoms with Crippen LogP contribution in [0.2, 0.25) is 0 Å². The summed E-state index contributed by atoms with van der Waals surface area (Å²) in [4.78, 5) is 10.1. The van der Waals surface area contributed by atoms with E-state index in [1.807, 2.05) is 12.1 Å². The van der Waals surface area contributed by atoms with Gasteiger partial charge in [0.2, 0.25) is 0 Å². The molecule has 1 aromatic carbocycles. The molecule has 1 N–H and O–H groups in total. The number of nitrogens with zero attached hydrogens (tertiary/aromatic N) is 2. The molecule has 3 rings (SSSR count). The second kappa shape index (κ2) is 5.88. The minimum atomic E-state index is -0.189. The Morgan fingerprint density at radius 1 is 1.27 bits per heavy atom. The van der Waals surface area contributed by atoms with Crippen LogP contribution in [0, 0.1) is 5.82 Å². The Bertz CT molecular complexity index is 682. The molecule has 0 fully saturated rings. The molecule has 1 aliphatic rings. The summed E-state index contributed by atoms with van der Waals surface area (Å²) >= 11 is 1.78. The van der Waals surface area contributed by atoms with Gasteiger partial charge in [-0.15, -0.1) is 11.8 Å². The maximum absolute atomic E-state index is 13.6. The minimum Gasteiger partial charge on any atom is -0.363 e. The van der Waals surface area contributed by atoms with Crippen molar-refractivity contribution in [1.29, 1.82) is 0 Å². The average Bonchev–Trinajstić information content (AvgIpc) is 2.47. The van der Waals surface area contributed by atoms with Gasteiger partial charge in [-0.2, -0.15) is 0 Å². The molecule has 0 spiro atoms. The highest BCUT2D eigenvalue weighted by atomic mass is 32.2. The van der Waals surface area contributed by atoms with Crippen molar-refractivity contribution in [2.75, 3.05) is 11.1 Å². The highest BCUT2D eigenvalue weighted by Crippen LogP contribution is 2.38. The standard InChI is InChI=1S/C17H20FN3S/c1-17(2,3)16-19-8-6-15(21-16)20-13-7-9-22-14-5-4-11(18)10-12(13)14/h4-6,8,10,13H,7,9H2,1-3H3,(H,19,20,21). The number of anilines is 1. The number of rotatable bonds is 2. The number of hydrogen-bond donors (Lipinski definition) is 1. The highest BCUT2D eigenvalue weighted by Gasteiger charge is 2.23. The van der Waals surface area contributed by atoms with Crippen LogP contribution in [0.3, 0.4) is 0 Å². The quantitative estimate of drug-likeness (QED) is 0.881. The van der Waals surface area contributed by atoms with E-state index in [1.54, 1.807) is 24.0 Å². The summed E-state index contributed by atoms with van der Waals surface area (Å²) in [6.45, 7) is 6.27. The summed E-state index contributed by atoms with van der Waals surface area (Å²) in [6, 6.07) is 6.98. The molecule has 1 atom stereocenters. The van der Waals surface area contributed by atoms with Crippen molar-refractivity contribution in [2.24, 2.45) is 0 Å². The van der Waals surface area contributed by atoms with Crippen molar-refractivity contribution in [3.8, 4) is 0 Å². The zero-order chi connectivity index (χ0) is 15.7. The maximum Gasteiger partial charge on any atom is 0.135 e. The van der Waals surface area contributed by atoms with Gasteiger partial charge >= 0.3 is 0 Å². The van der Waals surface area contributed by atoms with Crippen LogP contribution in [-0.4, -0.2) is 15.7 Å². The van der Waals surface area contributed by atoms with E-state index in [-0.39, 0.29) is 17.3 Å². The van der Waals surface area contributed by atoms with Crippen molar-refractivity contribution in [3.05, 3.63) is 47.7 Å². The predicted octanol–water partition coefficient (Wildman–Crippen LogP) is 4.56. The normalized spacial score (nSPS) is 17.9. The fourth-order valence-electron chi connectivity index (χ4n) is 2.49. The first-order chi connectivity index (χ1) is 10.4. The van der Waals surface area contributed by atoms with Crippen molar-refractivity contribution >= 4 is 17.6 Å². The van der Waals surface area contributed by atoms with Crippen LogP contribution in [0.5, 0.6) is 0 Å². The first kappa shape index (κ1) is 15.3. The smallest absolute Gasteiger partial charge is 0.135 e. The molecule has 3 nitrogen and oxygen atoms in total. The lowest BCUT2D eigenvalue weighted by molar-refractivity contribution is 0.545. The molecular weight excluding hydrogens is 297 g/mol. The lowest BCUT2D eigenvalue weighted by atomic mass is 9.96. The van der Waals surface area contributed by atoms with Gasteiger partial charge in [-0.1, -0.05) is 20.8 Å². The summed E-state index contributed by atoms with van der Waals surface area (Å²) in [5, 5.41) is 3.45. The lowest BCUT2D eigenvalue weighted by Gasteiger charge is -2.27. The summed E-state index contributed by atoms with van der Waals surface area (Å²) in [7, 11) is 0. The monoisotopic (exact) mass is 317 g/mol. The molecule has 0 amide bonds. The fraction of sp³-hybridized carbons (Fsp3) is 0.412. The number of fused-ring (bicyclic) bond motifs is 1. The van der Waals surface area contributed by atoms with Gasteiger partial charge in [-0.25, -0.2) is 14.4 Å².